The molecular formula is C24H27N5O2. The molecule has 3 aliphatic rings. The zero-order valence-corrected chi connectivity index (χ0v) is 17.6. The summed E-state index contributed by atoms with van der Waals surface area (Å²) in [5.74, 6) is 0.279. The summed E-state index contributed by atoms with van der Waals surface area (Å²) < 4.78 is 5.71. The third-order valence-corrected chi connectivity index (χ3v) is 6.42. The molecule has 0 saturated carbocycles. The highest BCUT2D eigenvalue weighted by molar-refractivity contribution is 5.94. The molecule has 160 valence electrons. The molecule has 3 unspecified atom stereocenters. The molecule has 1 aliphatic carbocycles. The number of hydrogen-bond donors (Lipinski definition) is 2. The van der Waals surface area contributed by atoms with Crippen molar-refractivity contribution in [2.45, 2.75) is 31.9 Å². The van der Waals surface area contributed by atoms with Crippen molar-refractivity contribution in [1.82, 2.24) is 25.4 Å². The Morgan fingerprint density at radius 2 is 2.32 bits per heavy atom. The summed E-state index contributed by atoms with van der Waals surface area (Å²) >= 11 is 0. The third kappa shape index (κ3) is 4.38. The number of pyridine rings is 1. The minimum atomic E-state index is -0.133. The molecule has 31 heavy (non-hydrogen) atoms. The zero-order valence-electron chi connectivity index (χ0n) is 17.6. The summed E-state index contributed by atoms with van der Waals surface area (Å²) in [6, 6.07) is 2.49. The normalized spacial score (nSPS) is 25.6. The number of morpholine rings is 1. The molecule has 2 bridgehead atoms. The number of nitrogens with zero attached hydrogens (tertiary/aromatic N) is 3. The van der Waals surface area contributed by atoms with Crippen molar-refractivity contribution in [3.63, 3.8) is 0 Å². The van der Waals surface area contributed by atoms with Crippen LogP contribution in [0.25, 0.3) is 17.2 Å². The number of aromatic nitrogens is 3. The first-order valence-electron chi connectivity index (χ1n) is 10.8. The SMILES string of the molecule is CC1CC(NC(=O)/C=C/c2cnccc2-c2cn[nH]c2)=CC=C1CN1CC2CC1CO2. The van der Waals surface area contributed by atoms with Gasteiger partial charge in [0.1, 0.15) is 0 Å². The van der Waals surface area contributed by atoms with E-state index < -0.39 is 0 Å². The second-order valence-corrected chi connectivity index (χ2v) is 8.59. The maximum atomic E-state index is 12.5. The quantitative estimate of drug-likeness (QED) is 0.706. The third-order valence-electron chi connectivity index (χ3n) is 6.42. The van der Waals surface area contributed by atoms with Crippen LogP contribution in [0.15, 0.2) is 60.4 Å². The van der Waals surface area contributed by atoms with Gasteiger partial charge in [-0.25, -0.2) is 0 Å². The Bertz CT molecular complexity index is 1040. The first-order chi connectivity index (χ1) is 15.2. The topological polar surface area (TPSA) is 83.1 Å². The smallest absolute Gasteiger partial charge is 0.248 e. The molecule has 7 heteroatoms. The summed E-state index contributed by atoms with van der Waals surface area (Å²) in [4.78, 5) is 19.2. The predicted octanol–water partition coefficient (Wildman–Crippen LogP) is 2.92. The van der Waals surface area contributed by atoms with Gasteiger partial charge >= 0.3 is 0 Å². The minimum absolute atomic E-state index is 0.133. The van der Waals surface area contributed by atoms with Gasteiger partial charge in [0.05, 0.1) is 18.9 Å². The second-order valence-electron chi connectivity index (χ2n) is 8.59. The molecule has 0 aromatic carbocycles. The number of amides is 1. The molecule has 2 aromatic heterocycles. The maximum Gasteiger partial charge on any atom is 0.248 e. The average molecular weight is 418 g/mol. The van der Waals surface area contributed by atoms with Gasteiger partial charge in [0, 0.05) is 60.6 Å². The van der Waals surface area contributed by atoms with Crippen LogP contribution < -0.4 is 5.32 Å². The highest BCUT2D eigenvalue weighted by Gasteiger charge is 2.39. The number of aromatic amines is 1. The van der Waals surface area contributed by atoms with Crippen molar-refractivity contribution in [3.8, 4) is 11.1 Å². The lowest BCUT2D eigenvalue weighted by Gasteiger charge is -2.31. The fourth-order valence-electron chi connectivity index (χ4n) is 4.68. The molecule has 1 amide bonds. The van der Waals surface area contributed by atoms with Gasteiger partial charge in [-0.1, -0.05) is 18.6 Å². The first kappa shape index (κ1) is 19.9. The second kappa shape index (κ2) is 8.61. The van der Waals surface area contributed by atoms with Gasteiger partial charge in [0.15, 0.2) is 0 Å². The Kier molecular flexibility index (Phi) is 5.53. The summed E-state index contributed by atoms with van der Waals surface area (Å²) in [6.07, 6.45) is 17.1. The van der Waals surface area contributed by atoms with Gasteiger partial charge < -0.3 is 10.1 Å². The number of hydrogen-bond acceptors (Lipinski definition) is 5. The number of carbonyl (C=O) groups is 1. The van der Waals surface area contributed by atoms with Crippen molar-refractivity contribution in [2.24, 2.45) is 5.92 Å². The molecular weight excluding hydrogens is 390 g/mol. The van der Waals surface area contributed by atoms with E-state index in [-0.39, 0.29) is 5.91 Å². The van der Waals surface area contributed by atoms with Gasteiger partial charge in [0.2, 0.25) is 5.91 Å². The lowest BCUT2D eigenvalue weighted by molar-refractivity contribution is -0.115. The number of ether oxygens (including phenoxy) is 1. The molecule has 4 heterocycles. The summed E-state index contributed by atoms with van der Waals surface area (Å²) in [5.41, 5.74) is 5.20. The summed E-state index contributed by atoms with van der Waals surface area (Å²) in [7, 11) is 0. The molecule has 2 N–H and O–H groups in total. The van der Waals surface area contributed by atoms with Crippen molar-refractivity contribution in [2.75, 3.05) is 19.7 Å². The highest BCUT2D eigenvalue weighted by atomic mass is 16.5. The Morgan fingerprint density at radius 3 is 3.06 bits per heavy atom. The number of likely N-dealkylation sites (tertiary alicyclic amines) is 1. The largest absolute Gasteiger partial charge is 0.375 e. The van der Waals surface area contributed by atoms with Gasteiger partial charge in [0.25, 0.3) is 0 Å². The monoisotopic (exact) mass is 417 g/mol. The molecule has 0 radical (unpaired) electrons. The van der Waals surface area contributed by atoms with Gasteiger partial charge in [-0.05, 0) is 42.5 Å². The van der Waals surface area contributed by atoms with Crippen molar-refractivity contribution < 1.29 is 9.53 Å². The Labute approximate surface area is 181 Å². The first-order valence-corrected chi connectivity index (χ1v) is 10.8. The van der Waals surface area contributed by atoms with E-state index in [0.717, 1.165) is 48.5 Å². The number of allylic oxidation sites excluding steroid dienone is 3. The minimum Gasteiger partial charge on any atom is -0.375 e. The van der Waals surface area contributed by atoms with E-state index in [1.165, 1.54) is 12.0 Å². The average Bonchev–Trinajstić information content (AvgIpc) is 3.53. The van der Waals surface area contributed by atoms with Gasteiger partial charge in [-0.2, -0.15) is 5.10 Å². The van der Waals surface area contributed by atoms with E-state index in [9.17, 15) is 4.79 Å². The van der Waals surface area contributed by atoms with Crippen LogP contribution in [0.5, 0.6) is 0 Å². The van der Waals surface area contributed by atoms with Crippen LogP contribution >= 0.6 is 0 Å². The number of rotatable bonds is 6. The van der Waals surface area contributed by atoms with Crippen molar-refractivity contribution in [1.29, 1.82) is 0 Å². The predicted molar refractivity (Wildman–Crippen MR) is 119 cm³/mol. The van der Waals surface area contributed by atoms with E-state index >= 15 is 0 Å². The van der Waals surface area contributed by atoms with Crippen LogP contribution in [-0.2, 0) is 9.53 Å². The zero-order chi connectivity index (χ0) is 21.2. The van der Waals surface area contributed by atoms with E-state index in [0.29, 0.717) is 18.1 Å². The van der Waals surface area contributed by atoms with E-state index in [1.54, 1.807) is 30.7 Å². The standard InChI is InChI=1S/C24H27N5O2/c1-16-8-20(4-2-18(16)13-29-14-22-9-21(29)15-31-22)28-24(30)5-3-17-10-25-7-6-23(17)19-11-26-27-12-19/h2-7,10-12,16,21-22H,8-9,13-15H2,1H3,(H,26,27)(H,28,30)/b5-3+. The lowest BCUT2D eigenvalue weighted by atomic mass is 9.90. The van der Waals surface area contributed by atoms with Crippen LogP contribution in [0.2, 0.25) is 0 Å². The Hall–Kier alpha value is -3.03. The highest BCUT2D eigenvalue weighted by Crippen LogP contribution is 2.31. The summed E-state index contributed by atoms with van der Waals surface area (Å²) in [5, 5.41) is 9.85. The van der Waals surface area contributed by atoms with E-state index in [4.69, 9.17) is 4.74 Å². The van der Waals surface area contributed by atoms with Crippen LogP contribution in [0.4, 0.5) is 0 Å². The van der Waals surface area contributed by atoms with Gasteiger partial charge in [-0.15, -0.1) is 0 Å². The number of fused-ring (bicyclic) bond motifs is 2. The van der Waals surface area contributed by atoms with Crippen molar-refractivity contribution >= 4 is 12.0 Å². The van der Waals surface area contributed by atoms with E-state index in [2.05, 4.69) is 38.4 Å². The fraction of sp³-hybridized carbons (Fsp3) is 0.375. The molecule has 2 fully saturated rings. The van der Waals surface area contributed by atoms with Crippen LogP contribution in [0.3, 0.4) is 0 Å². The Morgan fingerprint density at radius 1 is 1.39 bits per heavy atom. The van der Waals surface area contributed by atoms with Gasteiger partial charge in [-0.3, -0.25) is 19.8 Å². The Balaban J connectivity index is 1.21. The van der Waals surface area contributed by atoms with Crippen LogP contribution in [0, 0.1) is 5.92 Å². The fourth-order valence-corrected chi connectivity index (χ4v) is 4.68. The maximum absolute atomic E-state index is 12.5. The van der Waals surface area contributed by atoms with E-state index in [1.807, 2.05) is 18.3 Å². The number of carbonyl (C=O) groups excluding carboxylic acids is 1. The molecule has 2 aliphatic heterocycles. The molecule has 5 rings (SSSR count). The summed E-state index contributed by atoms with van der Waals surface area (Å²) in [6.45, 7) is 5.15. The van der Waals surface area contributed by atoms with Crippen LogP contribution in [-0.4, -0.2) is 57.8 Å². The van der Waals surface area contributed by atoms with Crippen molar-refractivity contribution in [3.05, 3.63) is 65.9 Å². The number of H-pyrrole nitrogens is 1. The number of nitrogens with one attached hydrogen (secondary N) is 2. The lowest BCUT2D eigenvalue weighted by Crippen LogP contribution is -2.39. The molecule has 0 spiro atoms. The molecule has 2 saturated heterocycles. The van der Waals surface area contributed by atoms with Crippen LogP contribution in [0.1, 0.15) is 25.3 Å². The molecule has 2 aromatic rings. The molecule has 7 nitrogen and oxygen atoms in total. The molecule has 3 atom stereocenters.